The van der Waals surface area contributed by atoms with Crippen molar-refractivity contribution >= 4 is 17.9 Å². The summed E-state index contributed by atoms with van der Waals surface area (Å²) < 4.78 is 33.5. The highest BCUT2D eigenvalue weighted by molar-refractivity contribution is 6.13. The lowest BCUT2D eigenvalue weighted by molar-refractivity contribution is -0.129. The fourth-order valence-corrected chi connectivity index (χ4v) is 3.74. The number of ether oxygens (including phenoxy) is 6. The first-order valence-corrected chi connectivity index (χ1v) is 11.6. The van der Waals surface area contributed by atoms with Crippen molar-refractivity contribution < 1.29 is 33.2 Å². The van der Waals surface area contributed by atoms with Crippen molar-refractivity contribution in [2.45, 2.75) is 13.8 Å². The third-order valence-corrected chi connectivity index (χ3v) is 5.41. The van der Waals surface area contributed by atoms with Crippen molar-refractivity contribution in [3.63, 3.8) is 0 Å². The number of esters is 1. The molecule has 0 saturated heterocycles. The van der Waals surface area contributed by atoms with E-state index in [4.69, 9.17) is 28.4 Å². The first-order chi connectivity index (χ1) is 17.6. The van der Waals surface area contributed by atoms with Crippen molar-refractivity contribution in [1.29, 1.82) is 0 Å². The Labute approximate surface area is 208 Å². The number of carbonyl (C=O) groups is 1. The molecule has 8 heteroatoms. The van der Waals surface area contributed by atoms with Crippen LogP contribution in [0, 0.1) is 6.92 Å². The third kappa shape index (κ3) is 5.27. The minimum Gasteiger partial charge on any atom is -0.490 e. The van der Waals surface area contributed by atoms with Gasteiger partial charge in [0.25, 0.3) is 0 Å². The van der Waals surface area contributed by atoms with Crippen LogP contribution in [-0.2, 0) is 9.53 Å². The van der Waals surface area contributed by atoms with E-state index in [1.54, 1.807) is 36.4 Å². The average molecular weight is 488 g/mol. The standard InChI is InChI=1S/C28H25NO7/c1-3-31-25-15-19(7-9-23(25)33-12-11-32-21-6-4-5-18(2)13-21)14-22-28(30)36-27(29-22)20-8-10-24-26(16-20)35-17-34-24/h4-10,13-16H,3,11-12,17H2,1-2H3/b22-14-. The molecule has 0 N–H and O–H groups in total. The van der Waals surface area contributed by atoms with Gasteiger partial charge in [0.05, 0.1) is 6.61 Å². The highest BCUT2D eigenvalue weighted by Crippen LogP contribution is 2.34. The average Bonchev–Trinajstić information content (AvgIpc) is 3.49. The summed E-state index contributed by atoms with van der Waals surface area (Å²) in [6, 6.07) is 18.5. The van der Waals surface area contributed by atoms with Gasteiger partial charge in [0.2, 0.25) is 12.7 Å². The number of nitrogens with zero attached hydrogens (tertiary/aromatic N) is 1. The van der Waals surface area contributed by atoms with E-state index in [1.807, 2.05) is 44.2 Å². The van der Waals surface area contributed by atoms with E-state index in [0.29, 0.717) is 48.4 Å². The molecular formula is C28H25NO7. The van der Waals surface area contributed by atoms with Crippen molar-refractivity contribution in [2.75, 3.05) is 26.6 Å². The first kappa shape index (κ1) is 23.3. The lowest BCUT2D eigenvalue weighted by Crippen LogP contribution is -2.10. The fourth-order valence-electron chi connectivity index (χ4n) is 3.74. The third-order valence-electron chi connectivity index (χ3n) is 5.41. The number of fused-ring (bicyclic) bond motifs is 1. The molecule has 184 valence electrons. The van der Waals surface area contributed by atoms with Crippen molar-refractivity contribution in [2.24, 2.45) is 4.99 Å². The van der Waals surface area contributed by atoms with Gasteiger partial charge in [0, 0.05) is 5.56 Å². The zero-order valence-corrected chi connectivity index (χ0v) is 20.0. The molecule has 5 rings (SSSR count). The monoisotopic (exact) mass is 487 g/mol. The van der Waals surface area contributed by atoms with E-state index in [9.17, 15) is 4.79 Å². The molecule has 0 atom stereocenters. The van der Waals surface area contributed by atoms with Gasteiger partial charge in [-0.1, -0.05) is 18.2 Å². The van der Waals surface area contributed by atoms with E-state index >= 15 is 0 Å². The second-order valence-electron chi connectivity index (χ2n) is 8.06. The van der Waals surface area contributed by atoms with Crippen LogP contribution in [0.2, 0.25) is 0 Å². The van der Waals surface area contributed by atoms with Crippen LogP contribution in [0.15, 0.2) is 71.4 Å². The topological polar surface area (TPSA) is 84.8 Å². The largest absolute Gasteiger partial charge is 0.490 e. The lowest BCUT2D eigenvalue weighted by Gasteiger charge is -2.13. The molecule has 36 heavy (non-hydrogen) atoms. The van der Waals surface area contributed by atoms with E-state index in [-0.39, 0.29) is 18.4 Å². The molecular weight excluding hydrogens is 462 g/mol. The normalized spacial score (nSPS) is 15.0. The zero-order valence-electron chi connectivity index (χ0n) is 20.0. The maximum Gasteiger partial charge on any atom is 0.363 e. The van der Waals surface area contributed by atoms with E-state index in [0.717, 1.165) is 16.9 Å². The molecule has 0 saturated carbocycles. The summed E-state index contributed by atoms with van der Waals surface area (Å²) in [5.41, 5.74) is 2.67. The Kier molecular flexibility index (Phi) is 6.75. The van der Waals surface area contributed by atoms with Crippen LogP contribution in [0.4, 0.5) is 0 Å². The van der Waals surface area contributed by atoms with Crippen LogP contribution in [0.25, 0.3) is 6.08 Å². The van der Waals surface area contributed by atoms with Crippen molar-refractivity contribution in [1.82, 2.24) is 0 Å². The number of hydrogen-bond donors (Lipinski definition) is 0. The van der Waals surface area contributed by atoms with E-state index < -0.39 is 5.97 Å². The predicted octanol–water partition coefficient (Wildman–Crippen LogP) is 4.92. The Bertz CT molecular complexity index is 1350. The number of carbonyl (C=O) groups excluding carboxylic acids is 1. The highest BCUT2D eigenvalue weighted by Gasteiger charge is 2.26. The predicted molar refractivity (Wildman–Crippen MR) is 133 cm³/mol. The summed E-state index contributed by atoms with van der Waals surface area (Å²) in [7, 11) is 0. The minimum atomic E-state index is -0.533. The number of aryl methyl sites for hydroxylation is 1. The first-order valence-electron chi connectivity index (χ1n) is 11.6. The van der Waals surface area contributed by atoms with Crippen LogP contribution in [0.3, 0.4) is 0 Å². The zero-order chi connectivity index (χ0) is 24.9. The van der Waals surface area contributed by atoms with Crippen LogP contribution in [-0.4, -0.2) is 38.5 Å². The molecule has 3 aromatic carbocycles. The van der Waals surface area contributed by atoms with Gasteiger partial charge >= 0.3 is 5.97 Å². The van der Waals surface area contributed by atoms with Gasteiger partial charge in [-0.3, -0.25) is 0 Å². The number of cyclic esters (lactones) is 1. The molecule has 0 unspecified atom stereocenters. The molecule has 0 fully saturated rings. The molecule has 2 aliphatic rings. The summed E-state index contributed by atoms with van der Waals surface area (Å²) in [5, 5.41) is 0. The number of rotatable bonds is 9. The Morgan fingerprint density at radius 1 is 0.917 bits per heavy atom. The smallest absolute Gasteiger partial charge is 0.363 e. The van der Waals surface area contributed by atoms with Gasteiger partial charge in [-0.15, -0.1) is 0 Å². The van der Waals surface area contributed by atoms with Crippen LogP contribution in [0.5, 0.6) is 28.7 Å². The Morgan fingerprint density at radius 2 is 1.78 bits per heavy atom. The quantitative estimate of drug-likeness (QED) is 0.241. The summed E-state index contributed by atoms with van der Waals surface area (Å²) in [5.74, 6) is 2.86. The van der Waals surface area contributed by atoms with E-state index in [1.165, 1.54) is 0 Å². The number of benzene rings is 3. The molecule has 8 nitrogen and oxygen atoms in total. The molecule has 0 amide bonds. The fraction of sp³-hybridized carbons (Fsp3) is 0.214. The maximum absolute atomic E-state index is 12.5. The molecule has 2 heterocycles. The lowest BCUT2D eigenvalue weighted by atomic mass is 10.1. The van der Waals surface area contributed by atoms with Gasteiger partial charge in [-0.05, 0) is 73.5 Å². The van der Waals surface area contributed by atoms with Gasteiger partial charge in [-0.2, -0.15) is 0 Å². The number of aliphatic imine (C=N–C) groups is 1. The van der Waals surface area contributed by atoms with Crippen LogP contribution < -0.4 is 23.7 Å². The molecule has 0 aliphatic carbocycles. The minimum absolute atomic E-state index is 0.165. The maximum atomic E-state index is 12.5. The van der Waals surface area contributed by atoms with Gasteiger partial charge < -0.3 is 28.4 Å². The molecule has 0 bridgehead atoms. The second kappa shape index (κ2) is 10.4. The summed E-state index contributed by atoms with van der Waals surface area (Å²) in [4.78, 5) is 16.8. The molecule has 0 aromatic heterocycles. The van der Waals surface area contributed by atoms with Crippen LogP contribution >= 0.6 is 0 Å². The molecule has 2 aliphatic heterocycles. The Hall–Kier alpha value is -4.46. The van der Waals surface area contributed by atoms with Gasteiger partial charge in [0.15, 0.2) is 28.7 Å². The van der Waals surface area contributed by atoms with Crippen LogP contribution in [0.1, 0.15) is 23.6 Å². The van der Waals surface area contributed by atoms with E-state index in [2.05, 4.69) is 4.99 Å². The molecule has 3 aromatic rings. The Morgan fingerprint density at radius 3 is 2.64 bits per heavy atom. The highest BCUT2D eigenvalue weighted by atomic mass is 16.7. The summed E-state index contributed by atoms with van der Waals surface area (Å²) in [6.45, 7) is 5.28. The SMILES string of the molecule is CCOc1cc(/C=C2\N=C(c3ccc4c(c3)OCO4)OC2=O)ccc1OCCOc1cccc(C)c1. The second-order valence-corrected chi connectivity index (χ2v) is 8.06. The molecule has 0 spiro atoms. The molecule has 0 radical (unpaired) electrons. The summed E-state index contributed by atoms with van der Waals surface area (Å²) in [6.07, 6.45) is 1.65. The Balaban J connectivity index is 1.27. The van der Waals surface area contributed by atoms with Crippen molar-refractivity contribution in [3.05, 3.63) is 83.1 Å². The summed E-state index contributed by atoms with van der Waals surface area (Å²) >= 11 is 0. The van der Waals surface area contributed by atoms with Crippen molar-refractivity contribution in [3.8, 4) is 28.7 Å². The number of hydrogen-bond acceptors (Lipinski definition) is 8. The van der Waals surface area contributed by atoms with Gasteiger partial charge in [-0.25, -0.2) is 9.79 Å². The van der Waals surface area contributed by atoms with Gasteiger partial charge in [0.1, 0.15) is 19.0 Å².